The predicted molar refractivity (Wildman–Crippen MR) is 175 cm³/mol. The maximum Gasteiger partial charge on any atom is 0.408 e. The van der Waals surface area contributed by atoms with E-state index in [4.69, 9.17) is 9.47 Å². The number of ketones is 1. The number of carbonyl (C=O) groups excluding carboxylic acids is 4. The molecule has 0 radical (unpaired) electrons. The molecule has 3 N–H and O–H groups in total. The summed E-state index contributed by atoms with van der Waals surface area (Å²) in [7, 11) is 0. The number of aromatic nitrogens is 2. The molecule has 0 aliphatic rings. The number of pyridine rings is 2. The van der Waals surface area contributed by atoms with E-state index in [2.05, 4.69) is 20.6 Å². The molecule has 2 aromatic carbocycles. The summed E-state index contributed by atoms with van der Waals surface area (Å²) in [5, 5.41) is 6.83. The molecule has 11 nitrogen and oxygen atoms in total. The number of hydrogen-bond acceptors (Lipinski definition) is 8. The number of Topliss-reactive ketones (excluding diaryl/α,β-unsaturated/α-hetero) is 1. The van der Waals surface area contributed by atoms with Crippen LogP contribution in [0.3, 0.4) is 0 Å². The van der Waals surface area contributed by atoms with Crippen LogP contribution in [0.4, 0.5) is 13.6 Å². The zero-order valence-corrected chi connectivity index (χ0v) is 27.0. The second-order valence-electron chi connectivity index (χ2n) is 11.4. The van der Waals surface area contributed by atoms with Crippen molar-refractivity contribution in [1.29, 1.82) is 0 Å². The zero-order chi connectivity index (χ0) is 35.2. The summed E-state index contributed by atoms with van der Waals surface area (Å²) < 4.78 is 41.8. The van der Waals surface area contributed by atoms with Gasteiger partial charge in [-0.25, -0.2) is 4.79 Å². The van der Waals surface area contributed by atoms with Crippen molar-refractivity contribution in [2.75, 3.05) is 0 Å². The maximum absolute atomic E-state index is 15.4. The van der Waals surface area contributed by atoms with Gasteiger partial charge < -0.3 is 25.4 Å². The van der Waals surface area contributed by atoms with Crippen molar-refractivity contribution in [1.82, 2.24) is 25.9 Å². The third-order valence-corrected chi connectivity index (χ3v) is 7.31. The SMILES string of the molecule is CC(C)C(NC(=O)OCc1cccnc1)C(=O)NC(Cc1ccc(OCc2ccccc2)cc1)C(=O)C(F)(F)C(=O)NCc1ccccn1. The minimum Gasteiger partial charge on any atom is -0.489 e. The third kappa shape index (κ3) is 10.9. The molecule has 3 amide bonds. The van der Waals surface area contributed by atoms with Crippen LogP contribution in [-0.2, 0) is 45.3 Å². The summed E-state index contributed by atoms with van der Waals surface area (Å²) in [6, 6.07) is 20.8. The minimum atomic E-state index is -4.52. The zero-order valence-electron chi connectivity index (χ0n) is 27.0. The fourth-order valence-electron chi connectivity index (χ4n) is 4.62. The Morgan fingerprint density at radius 2 is 1.51 bits per heavy atom. The number of ether oxygens (including phenoxy) is 2. The Kier molecular flexibility index (Phi) is 12.9. The Bertz CT molecular complexity index is 1680. The first-order chi connectivity index (χ1) is 23.5. The standard InChI is InChI=1S/C36H37F2N5O6/c1-24(2)31(43-35(47)49-23-27-11-8-17-39-20-27)33(45)42-30(32(44)36(37,38)34(46)41-21-28-12-6-7-18-40-28)19-25-13-15-29(16-14-25)48-22-26-9-4-3-5-10-26/h3-18,20,24,30-31H,19,21-23H2,1-2H3,(H,41,46)(H,42,45)(H,43,47). The largest absolute Gasteiger partial charge is 0.489 e. The number of alkyl halides is 2. The van der Waals surface area contributed by atoms with Crippen LogP contribution >= 0.6 is 0 Å². The van der Waals surface area contributed by atoms with Crippen LogP contribution in [0, 0.1) is 5.92 Å². The number of halogens is 2. The van der Waals surface area contributed by atoms with E-state index in [1.165, 1.54) is 18.5 Å². The van der Waals surface area contributed by atoms with Crippen LogP contribution in [0.15, 0.2) is 104 Å². The number of rotatable bonds is 16. The molecule has 49 heavy (non-hydrogen) atoms. The third-order valence-electron chi connectivity index (χ3n) is 7.31. The average Bonchev–Trinajstić information content (AvgIpc) is 3.12. The van der Waals surface area contributed by atoms with Gasteiger partial charge in [0, 0.05) is 30.6 Å². The highest BCUT2D eigenvalue weighted by molar-refractivity contribution is 6.10. The number of amides is 3. The molecule has 2 aromatic heterocycles. The molecule has 13 heteroatoms. The van der Waals surface area contributed by atoms with Gasteiger partial charge in [-0.15, -0.1) is 0 Å². The van der Waals surface area contributed by atoms with Gasteiger partial charge in [-0.3, -0.25) is 24.4 Å². The number of nitrogens with zero attached hydrogens (tertiary/aromatic N) is 2. The molecular formula is C36H37F2N5O6. The highest BCUT2D eigenvalue weighted by Crippen LogP contribution is 2.22. The lowest BCUT2D eigenvalue weighted by atomic mass is 9.96. The predicted octanol–water partition coefficient (Wildman–Crippen LogP) is 4.55. The normalized spacial score (nSPS) is 12.3. The van der Waals surface area contributed by atoms with Crippen molar-refractivity contribution in [2.24, 2.45) is 5.92 Å². The van der Waals surface area contributed by atoms with Crippen LogP contribution < -0.4 is 20.7 Å². The summed E-state index contributed by atoms with van der Waals surface area (Å²) in [6.45, 7) is 3.07. The summed E-state index contributed by atoms with van der Waals surface area (Å²) >= 11 is 0. The molecule has 0 saturated carbocycles. The van der Waals surface area contributed by atoms with Crippen molar-refractivity contribution in [3.63, 3.8) is 0 Å². The van der Waals surface area contributed by atoms with Crippen LogP contribution in [0.1, 0.15) is 36.2 Å². The molecule has 2 atom stereocenters. The first-order valence-corrected chi connectivity index (χ1v) is 15.5. The van der Waals surface area contributed by atoms with Gasteiger partial charge in [0.1, 0.15) is 25.0 Å². The molecule has 0 bridgehead atoms. The smallest absolute Gasteiger partial charge is 0.408 e. The fourth-order valence-corrected chi connectivity index (χ4v) is 4.62. The van der Waals surface area contributed by atoms with Crippen LogP contribution in [-0.4, -0.2) is 51.7 Å². The second kappa shape index (κ2) is 17.4. The van der Waals surface area contributed by atoms with E-state index in [-0.39, 0.29) is 19.6 Å². The average molecular weight is 674 g/mol. The quantitative estimate of drug-likeness (QED) is 0.147. The van der Waals surface area contributed by atoms with Crippen LogP contribution in [0.2, 0.25) is 0 Å². The Hall–Kier alpha value is -5.72. The highest BCUT2D eigenvalue weighted by atomic mass is 19.3. The van der Waals surface area contributed by atoms with Gasteiger partial charge in [-0.1, -0.05) is 68.4 Å². The van der Waals surface area contributed by atoms with Crippen LogP contribution in [0.5, 0.6) is 5.75 Å². The molecule has 4 aromatic rings. The molecule has 256 valence electrons. The number of carbonyl (C=O) groups is 4. The Balaban J connectivity index is 1.48. The molecule has 0 aliphatic carbocycles. The van der Waals surface area contributed by atoms with E-state index >= 15 is 8.78 Å². The first-order valence-electron chi connectivity index (χ1n) is 15.5. The topological polar surface area (TPSA) is 149 Å². The van der Waals surface area contributed by atoms with Gasteiger partial charge in [0.2, 0.25) is 11.7 Å². The summed E-state index contributed by atoms with van der Waals surface area (Å²) in [6.07, 6.45) is 3.17. The van der Waals surface area contributed by atoms with Crippen molar-refractivity contribution in [2.45, 2.75) is 58.0 Å². The highest BCUT2D eigenvalue weighted by Gasteiger charge is 2.50. The summed E-state index contributed by atoms with van der Waals surface area (Å²) in [4.78, 5) is 59.9. The maximum atomic E-state index is 15.4. The van der Waals surface area contributed by atoms with E-state index in [1.807, 2.05) is 35.6 Å². The fraction of sp³-hybridized carbons (Fsp3) is 0.278. The van der Waals surface area contributed by atoms with Gasteiger partial charge >= 0.3 is 12.0 Å². The van der Waals surface area contributed by atoms with E-state index in [1.54, 1.807) is 68.6 Å². The minimum absolute atomic E-state index is 0.127. The number of alkyl carbamates (subject to hydrolysis) is 1. The second-order valence-corrected chi connectivity index (χ2v) is 11.4. The molecule has 0 saturated heterocycles. The Morgan fingerprint density at radius 1 is 0.796 bits per heavy atom. The Labute approximate surface area is 282 Å². The van der Waals surface area contributed by atoms with Gasteiger partial charge in [-0.2, -0.15) is 8.78 Å². The monoisotopic (exact) mass is 673 g/mol. The van der Waals surface area contributed by atoms with E-state index in [0.29, 0.717) is 29.2 Å². The lowest BCUT2D eigenvalue weighted by Gasteiger charge is -2.27. The summed E-state index contributed by atoms with van der Waals surface area (Å²) in [5.74, 6) is -9.15. The van der Waals surface area contributed by atoms with Crippen molar-refractivity contribution >= 4 is 23.7 Å². The molecule has 0 spiro atoms. The van der Waals surface area contributed by atoms with Gasteiger partial charge in [0.25, 0.3) is 5.91 Å². The molecular weight excluding hydrogens is 636 g/mol. The Morgan fingerprint density at radius 3 is 2.16 bits per heavy atom. The lowest BCUT2D eigenvalue weighted by Crippen LogP contribution is -2.59. The first kappa shape index (κ1) is 36.1. The van der Waals surface area contributed by atoms with Crippen molar-refractivity contribution in [3.05, 3.63) is 126 Å². The molecule has 0 fully saturated rings. The molecule has 4 rings (SSSR count). The van der Waals surface area contributed by atoms with Gasteiger partial charge in [0.05, 0.1) is 18.3 Å². The number of nitrogens with one attached hydrogen (secondary N) is 3. The van der Waals surface area contributed by atoms with Gasteiger partial charge in [-0.05, 0) is 47.4 Å². The molecule has 0 aliphatic heterocycles. The van der Waals surface area contributed by atoms with E-state index < -0.39 is 47.6 Å². The molecule has 2 heterocycles. The summed E-state index contributed by atoms with van der Waals surface area (Å²) in [5.41, 5.74) is 2.26. The van der Waals surface area contributed by atoms with Crippen molar-refractivity contribution in [3.8, 4) is 5.75 Å². The lowest BCUT2D eigenvalue weighted by molar-refractivity contribution is -0.160. The van der Waals surface area contributed by atoms with Gasteiger partial charge in [0.15, 0.2) is 0 Å². The number of hydrogen-bond donors (Lipinski definition) is 3. The number of benzene rings is 2. The van der Waals surface area contributed by atoms with E-state index in [9.17, 15) is 19.2 Å². The van der Waals surface area contributed by atoms with E-state index in [0.717, 1.165) is 5.56 Å². The molecule has 2 unspecified atom stereocenters. The van der Waals surface area contributed by atoms with Crippen molar-refractivity contribution < 1.29 is 37.4 Å². The van der Waals surface area contributed by atoms with Crippen LogP contribution in [0.25, 0.3) is 0 Å².